The van der Waals surface area contributed by atoms with Gasteiger partial charge in [-0.05, 0) is 100 Å². The molecule has 9 aromatic carbocycles. The van der Waals surface area contributed by atoms with Crippen LogP contribution in [0.4, 0.5) is 17.1 Å². The average Bonchev–Trinajstić information content (AvgIpc) is 3.60. The van der Waals surface area contributed by atoms with Crippen LogP contribution in [0.5, 0.6) is 0 Å². The fourth-order valence-corrected chi connectivity index (χ4v) is 8.14. The number of benzene rings is 9. The first-order chi connectivity index (χ1) is 27.2. The Morgan fingerprint density at radius 2 is 0.836 bits per heavy atom. The van der Waals surface area contributed by atoms with Crippen molar-refractivity contribution in [1.29, 1.82) is 0 Å². The number of nitrogens with zero attached hydrogens (tertiary/aromatic N) is 2. The lowest BCUT2D eigenvalue weighted by atomic mass is 9.94. The van der Waals surface area contributed by atoms with Gasteiger partial charge >= 0.3 is 0 Å². The van der Waals surface area contributed by atoms with E-state index in [1.807, 2.05) is 0 Å². The van der Waals surface area contributed by atoms with Crippen LogP contribution in [-0.4, -0.2) is 4.57 Å². The van der Waals surface area contributed by atoms with E-state index >= 15 is 0 Å². The Labute approximate surface area is 321 Å². The van der Waals surface area contributed by atoms with Crippen LogP contribution >= 0.6 is 0 Å². The highest BCUT2D eigenvalue weighted by Gasteiger charge is 2.17. The fraction of sp³-hybridized carbons (Fsp3) is 0.0189. The van der Waals surface area contributed by atoms with E-state index in [0.717, 1.165) is 22.7 Å². The van der Waals surface area contributed by atoms with E-state index in [1.54, 1.807) is 0 Å². The van der Waals surface area contributed by atoms with Crippen molar-refractivity contribution < 1.29 is 0 Å². The maximum Gasteiger partial charge on any atom is 0.0619 e. The molecule has 0 aliphatic heterocycles. The predicted octanol–water partition coefficient (Wildman–Crippen LogP) is 14.7. The molecular formula is C53H38N2. The minimum Gasteiger partial charge on any atom is -0.311 e. The minimum atomic E-state index is 1.11. The molecule has 2 heteroatoms. The van der Waals surface area contributed by atoms with Gasteiger partial charge in [0.25, 0.3) is 0 Å². The Morgan fingerprint density at radius 3 is 1.49 bits per heavy atom. The van der Waals surface area contributed by atoms with Crippen molar-refractivity contribution in [2.75, 3.05) is 4.90 Å². The molecule has 0 atom stereocenters. The lowest BCUT2D eigenvalue weighted by molar-refractivity contribution is 1.19. The number of hydrogen-bond acceptors (Lipinski definition) is 1. The highest BCUT2D eigenvalue weighted by atomic mass is 15.1. The highest BCUT2D eigenvalue weighted by Crippen LogP contribution is 2.40. The molecule has 1 aromatic heterocycles. The van der Waals surface area contributed by atoms with Gasteiger partial charge < -0.3 is 9.47 Å². The molecule has 2 nitrogen and oxygen atoms in total. The molecule has 10 rings (SSSR count). The second kappa shape index (κ2) is 13.7. The Balaban J connectivity index is 1.01. The zero-order valence-electron chi connectivity index (χ0n) is 30.6. The van der Waals surface area contributed by atoms with Crippen molar-refractivity contribution in [2.24, 2.45) is 0 Å². The first-order valence-electron chi connectivity index (χ1n) is 18.9. The SMILES string of the molecule is Cc1ccc(N(c2ccc(-c3ccccc3)cc2)c2ccc(-c3ccccc3-c3ccc(-n4c5ccccc5c5ccc6ccccc6c54)cc3)cc2)cc1. The smallest absolute Gasteiger partial charge is 0.0619 e. The molecule has 0 amide bonds. The number of para-hydroxylation sites is 1. The van der Waals surface area contributed by atoms with Crippen molar-refractivity contribution in [2.45, 2.75) is 6.92 Å². The summed E-state index contributed by atoms with van der Waals surface area (Å²) in [6, 6.07) is 77.0. The maximum absolute atomic E-state index is 2.43. The fourth-order valence-electron chi connectivity index (χ4n) is 8.14. The topological polar surface area (TPSA) is 8.17 Å². The third-order valence-electron chi connectivity index (χ3n) is 10.9. The first-order valence-corrected chi connectivity index (χ1v) is 18.9. The summed E-state index contributed by atoms with van der Waals surface area (Å²) < 4.78 is 2.43. The van der Waals surface area contributed by atoms with Gasteiger partial charge in [-0.25, -0.2) is 0 Å². The second-order valence-corrected chi connectivity index (χ2v) is 14.3. The zero-order valence-corrected chi connectivity index (χ0v) is 30.6. The third kappa shape index (κ3) is 5.85. The van der Waals surface area contributed by atoms with Gasteiger partial charge in [0.15, 0.2) is 0 Å². The van der Waals surface area contributed by atoms with Crippen LogP contribution in [0.3, 0.4) is 0 Å². The second-order valence-electron chi connectivity index (χ2n) is 14.3. The van der Waals surface area contributed by atoms with Crippen molar-refractivity contribution in [3.8, 4) is 39.1 Å². The lowest BCUT2D eigenvalue weighted by Gasteiger charge is -2.26. The minimum absolute atomic E-state index is 1.11. The van der Waals surface area contributed by atoms with Gasteiger partial charge in [-0.1, -0.05) is 163 Å². The van der Waals surface area contributed by atoms with Gasteiger partial charge in [0.1, 0.15) is 0 Å². The molecule has 0 radical (unpaired) electrons. The van der Waals surface area contributed by atoms with E-state index in [9.17, 15) is 0 Å². The molecule has 0 saturated heterocycles. The van der Waals surface area contributed by atoms with Crippen LogP contribution < -0.4 is 4.90 Å². The Hall–Kier alpha value is -7.16. The van der Waals surface area contributed by atoms with Crippen molar-refractivity contribution >= 4 is 49.6 Å². The molecule has 0 aliphatic rings. The standard InChI is InChI=1S/C53H38N2/c1-37-19-28-43(29-20-37)54(44-30-21-39(22-31-44)38-11-3-2-4-12-38)45-32-23-41(24-33-45)47-14-7-8-15-48(47)42-25-34-46(35-26-42)55-52-18-10-9-17-50(52)51-36-27-40-13-5-6-16-49(40)53(51)55/h2-36H,1H3. The monoisotopic (exact) mass is 702 g/mol. The normalized spacial score (nSPS) is 11.4. The Kier molecular flexibility index (Phi) is 8.08. The summed E-state index contributed by atoms with van der Waals surface area (Å²) in [6.07, 6.45) is 0. The van der Waals surface area contributed by atoms with Crippen molar-refractivity contribution in [3.63, 3.8) is 0 Å². The molecule has 0 aliphatic carbocycles. The number of hydrogen-bond donors (Lipinski definition) is 0. The van der Waals surface area contributed by atoms with Gasteiger partial charge in [-0.2, -0.15) is 0 Å². The number of fused-ring (bicyclic) bond motifs is 5. The summed E-state index contributed by atoms with van der Waals surface area (Å²) in [4.78, 5) is 2.33. The van der Waals surface area contributed by atoms with Crippen LogP contribution in [0.1, 0.15) is 5.56 Å². The molecule has 55 heavy (non-hydrogen) atoms. The van der Waals surface area contributed by atoms with Crippen LogP contribution in [0.25, 0.3) is 71.6 Å². The van der Waals surface area contributed by atoms with Crippen LogP contribution in [0.15, 0.2) is 212 Å². The zero-order chi connectivity index (χ0) is 36.7. The van der Waals surface area contributed by atoms with E-state index in [2.05, 4.69) is 229 Å². The summed E-state index contributed by atoms with van der Waals surface area (Å²) in [7, 11) is 0. The molecule has 10 aromatic rings. The predicted molar refractivity (Wildman–Crippen MR) is 234 cm³/mol. The molecule has 1 heterocycles. The quantitative estimate of drug-likeness (QED) is 0.160. The first kappa shape index (κ1) is 32.5. The number of aryl methyl sites for hydroxylation is 1. The van der Waals surface area contributed by atoms with E-state index in [0.29, 0.717) is 0 Å². The van der Waals surface area contributed by atoms with Crippen LogP contribution in [0, 0.1) is 6.92 Å². The summed E-state index contributed by atoms with van der Waals surface area (Å²) in [5.41, 5.74) is 15.4. The molecular weight excluding hydrogens is 665 g/mol. The van der Waals surface area contributed by atoms with Crippen molar-refractivity contribution in [3.05, 3.63) is 218 Å². The summed E-state index contributed by atoms with van der Waals surface area (Å²) >= 11 is 0. The lowest BCUT2D eigenvalue weighted by Crippen LogP contribution is -2.09. The van der Waals surface area contributed by atoms with E-state index in [4.69, 9.17) is 0 Å². The summed E-state index contributed by atoms with van der Waals surface area (Å²) in [6.45, 7) is 2.13. The maximum atomic E-state index is 2.43. The van der Waals surface area contributed by atoms with Gasteiger partial charge in [0, 0.05) is 38.9 Å². The Bertz CT molecular complexity index is 2940. The molecule has 0 unspecified atom stereocenters. The number of aromatic nitrogens is 1. The third-order valence-corrected chi connectivity index (χ3v) is 10.9. The number of rotatable bonds is 7. The van der Waals surface area contributed by atoms with E-state index in [1.165, 1.54) is 71.5 Å². The molecule has 0 bridgehead atoms. The van der Waals surface area contributed by atoms with Gasteiger partial charge in [-0.3, -0.25) is 0 Å². The largest absolute Gasteiger partial charge is 0.311 e. The van der Waals surface area contributed by atoms with Crippen molar-refractivity contribution in [1.82, 2.24) is 4.57 Å². The van der Waals surface area contributed by atoms with Crippen LogP contribution in [-0.2, 0) is 0 Å². The average molecular weight is 703 g/mol. The van der Waals surface area contributed by atoms with E-state index < -0.39 is 0 Å². The van der Waals surface area contributed by atoms with Gasteiger partial charge in [0.05, 0.1) is 11.0 Å². The highest BCUT2D eigenvalue weighted by molar-refractivity contribution is 6.18. The molecule has 0 N–H and O–H groups in total. The Morgan fingerprint density at radius 1 is 0.345 bits per heavy atom. The van der Waals surface area contributed by atoms with Crippen LogP contribution in [0.2, 0.25) is 0 Å². The molecule has 260 valence electrons. The number of anilines is 3. The van der Waals surface area contributed by atoms with Gasteiger partial charge in [-0.15, -0.1) is 0 Å². The molecule has 0 spiro atoms. The molecule has 0 saturated carbocycles. The summed E-state index contributed by atoms with van der Waals surface area (Å²) in [5.74, 6) is 0. The van der Waals surface area contributed by atoms with E-state index in [-0.39, 0.29) is 0 Å². The summed E-state index contributed by atoms with van der Waals surface area (Å²) in [5, 5.41) is 5.06. The molecule has 0 fully saturated rings. The van der Waals surface area contributed by atoms with Gasteiger partial charge in [0.2, 0.25) is 0 Å².